The second-order valence-electron chi connectivity index (χ2n) is 6.13. The molecule has 0 fully saturated rings. The van der Waals surface area contributed by atoms with Crippen molar-refractivity contribution in [1.29, 1.82) is 0 Å². The molecule has 5 heteroatoms. The van der Waals surface area contributed by atoms with E-state index in [1.165, 1.54) is 4.90 Å². The molecule has 0 N–H and O–H groups in total. The van der Waals surface area contributed by atoms with Gasteiger partial charge in [-0.05, 0) is 47.6 Å². The first kappa shape index (κ1) is 16.3. The first-order chi connectivity index (χ1) is 9.01. The van der Waals surface area contributed by atoms with E-state index in [1.807, 2.05) is 0 Å². The monoisotopic (exact) mass is 281 g/mol. The van der Waals surface area contributed by atoms with Crippen LogP contribution in [0.5, 0.6) is 0 Å². The Bertz CT molecular complexity index is 512. The standard InChI is InChI=1S/C15H23NO4/c1-10-8-12(11(2)19-10)15(6,9-17)16(7)13(18)20-14(3,4)5/h8-9H,1-7H3. The normalized spacial score (nSPS) is 14.6. The van der Waals surface area contributed by atoms with E-state index in [9.17, 15) is 9.59 Å². The van der Waals surface area contributed by atoms with Crippen LogP contribution in [0.1, 0.15) is 44.8 Å². The van der Waals surface area contributed by atoms with Crippen LogP contribution < -0.4 is 0 Å². The van der Waals surface area contributed by atoms with Crippen LogP contribution >= 0.6 is 0 Å². The van der Waals surface area contributed by atoms with Gasteiger partial charge in [-0.15, -0.1) is 0 Å². The molecule has 0 aliphatic heterocycles. The van der Waals surface area contributed by atoms with Crippen LogP contribution in [0.15, 0.2) is 10.5 Å². The van der Waals surface area contributed by atoms with Crippen LogP contribution in [0.25, 0.3) is 0 Å². The Morgan fingerprint density at radius 3 is 2.20 bits per heavy atom. The van der Waals surface area contributed by atoms with Gasteiger partial charge in [-0.25, -0.2) is 4.79 Å². The van der Waals surface area contributed by atoms with E-state index in [2.05, 4.69) is 0 Å². The molecule has 0 aliphatic rings. The van der Waals surface area contributed by atoms with E-state index in [0.29, 0.717) is 17.1 Å². The van der Waals surface area contributed by atoms with Crippen LogP contribution in [0, 0.1) is 13.8 Å². The molecule has 0 aliphatic carbocycles. The van der Waals surface area contributed by atoms with Gasteiger partial charge in [0.15, 0.2) is 0 Å². The Morgan fingerprint density at radius 1 is 1.30 bits per heavy atom. The molecule has 0 saturated carbocycles. The SMILES string of the molecule is Cc1cc(C(C)(C=O)N(C)C(=O)OC(C)(C)C)c(C)o1. The summed E-state index contributed by atoms with van der Waals surface area (Å²) in [5.74, 6) is 1.32. The zero-order valence-electron chi connectivity index (χ0n) is 13.2. The van der Waals surface area contributed by atoms with E-state index >= 15 is 0 Å². The third-order valence-electron chi connectivity index (χ3n) is 3.18. The van der Waals surface area contributed by atoms with Crippen LogP contribution in [-0.4, -0.2) is 29.9 Å². The number of carbonyl (C=O) groups is 2. The van der Waals surface area contributed by atoms with Gasteiger partial charge < -0.3 is 13.9 Å². The number of ether oxygens (including phenoxy) is 1. The molecule has 0 bridgehead atoms. The van der Waals surface area contributed by atoms with Crippen molar-refractivity contribution in [3.05, 3.63) is 23.2 Å². The fourth-order valence-electron chi connectivity index (χ4n) is 1.98. The molecular weight excluding hydrogens is 258 g/mol. The molecule has 1 atom stereocenters. The maximum absolute atomic E-state index is 12.2. The number of hydrogen-bond donors (Lipinski definition) is 0. The summed E-state index contributed by atoms with van der Waals surface area (Å²) in [6.07, 6.45) is 0.180. The number of nitrogens with zero attached hydrogens (tertiary/aromatic N) is 1. The fraction of sp³-hybridized carbons (Fsp3) is 0.600. The third-order valence-corrected chi connectivity index (χ3v) is 3.18. The molecule has 1 unspecified atom stereocenters. The number of aryl methyl sites for hydroxylation is 2. The van der Waals surface area contributed by atoms with Gasteiger partial charge in [0, 0.05) is 12.6 Å². The molecule has 1 aromatic heterocycles. The lowest BCUT2D eigenvalue weighted by molar-refractivity contribution is -0.117. The summed E-state index contributed by atoms with van der Waals surface area (Å²) in [4.78, 5) is 25.1. The van der Waals surface area contributed by atoms with Gasteiger partial charge in [-0.1, -0.05) is 0 Å². The number of carbonyl (C=O) groups excluding carboxylic acids is 2. The Balaban J connectivity index is 3.14. The van der Waals surface area contributed by atoms with Gasteiger partial charge >= 0.3 is 6.09 Å². The summed E-state index contributed by atoms with van der Waals surface area (Å²) in [6, 6.07) is 1.77. The summed E-state index contributed by atoms with van der Waals surface area (Å²) in [5.41, 5.74) is -1.07. The largest absolute Gasteiger partial charge is 0.466 e. The highest BCUT2D eigenvalue weighted by Gasteiger charge is 2.39. The highest BCUT2D eigenvalue weighted by Crippen LogP contribution is 2.31. The summed E-state index contributed by atoms with van der Waals surface area (Å²) in [7, 11) is 1.55. The second kappa shape index (κ2) is 5.31. The molecule has 0 aromatic carbocycles. The maximum atomic E-state index is 12.2. The quantitative estimate of drug-likeness (QED) is 0.798. The summed E-state index contributed by atoms with van der Waals surface area (Å²) in [5, 5.41) is 0. The van der Waals surface area contributed by atoms with Crippen LogP contribution in [0.2, 0.25) is 0 Å². The zero-order chi connectivity index (χ0) is 15.7. The van der Waals surface area contributed by atoms with E-state index in [-0.39, 0.29) is 0 Å². The molecule has 1 aromatic rings. The molecule has 0 spiro atoms. The average molecular weight is 281 g/mol. The minimum Gasteiger partial charge on any atom is -0.466 e. The first-order valence-corrected chi connectivity index (χ1v) is 6.52. The Kier molecular flexibility index (Phi) is 4.32. The molecule has 0 saturated heterocycles. The third kappa shape index (κ3) is 3.21. The lowest BCUT2D eigenvalue weighted by Gasteiger charge is -2.35. The minimum absolute atomic E-state index is 0.551. The van der Waals surface area contributed by atoms with Gasteiger partial charge in [0.1, 0.15) is 28.9 Å². The van der Waals surface area contributed by atoms with Crippen molar-refractivity contribution >= 4 is 12.4 Å². The second-order valence-corrected chi connectivity index (χ2v) is 6.13. The number of hydrogen-bond acceptors (Lipinski definition) is 4. The lowest BCUT2D eigenvalue weighted by atomic mass is 9.92. The summed E-state index contributed by atoms with van der Waals surface area (Å²) < 4.78 is 10.8. The predicted molar refractivity (Wildman–Crippen MR) is 75.6 cm³/mol. The van der Waals surface area contributed by atoms with Crippen LogP contribution in [-0.2, 0) is 15.1 Å². The van der Waals surface area contributed by atoms with Gasteiger partial charge in [0.25, 0.3) is 0 Å². The highest BCUT2D eigenvalue weighted by molar-refractivity contribution is 5.78. The van der Waals surface area contributed by atoms with Crippen molar-refractivity contribution in [2.75, 3.05) is 7.05 Å². The Labute approximate surface area is 119 Å². The van der Waals surface area contributed by atoms with Gasteiger partial charge in [-0.3, -0.25) is 4.90 Å². The van der Waals surface area contributed by atoms with Gasteiger partial charge in [0.05, 0.1) is 0 Å². The number of rotatable bonds is 3. The van der Waals surface area contributed by atoms with Crippen molar-refractivity contribution in [1.82, 2.24) is 4.90 Å². The van der Waals surface area contributed by atoms with E-state index < -0.39 is 17.2 Å². The molecule has 0 radical (unpaired) electrons. The fourth-order valence-corrected chi connectivity index (χ4v) is 1.98. The Hall–Kier alpha value is -1.78. The van der Waals surface area contributed by atoms with Gasteiger partial charge in [0.2, 0.25) is 0 Å². The molecule has 5 nitrogen and oxygen atoms in total. The molecule has 1 heterocycles. The van der Waals surface area contributed by atoms with Crippen molar-refractivity contribution in [2.24, 2.45) is 0 Å². The van der Waals surface area contributed by atoms with E-state index in [0.717, 1.165) is 6.29 Å². The highest BCUT2D eigenvalue weighted by atomic mass is 16.6. The van der Waals surface area contributed by atoms with Crippen LogP contribution in [0.4, 0.5) is 4.79 Å². The smallest absolute Gasteiger partial charge is 0.411 e. The number of aldehydes is 1. The molecule has 112 valence electrons. The van der Waals surface area contributed by atoms with Crippen LogP contribution in [0.3, 0.4) is 0 Å². The molecule has 1 amide bonds. The summed E-state index contributed by atoms with van der Waals surface area (Å²) in [6.45, 7) is 10.6. The zero-order valence-corrected chi connectivity index (χ0v) is 13.2. The Morgan fingerprint density at radius 2 is 1.85 bits per heavy atom. The summed E-state index contributed by atoms with van der Waals surface area (Å²) >= 11 is 0. The van der Waals surface area contributed by atoms with Crippen molar-refractivity contribution in [3.63, 3.8) is 0 Å². The van der Waals surface area contributed by atoms with Crippen molar-refractivity contribution in [2.45, 2.75) is 52.7 Å². The number of furan rings is 1. The average Bonchev–Trinajstić information content (AvgIpc) is 2.64. The molecular formula is C15H23NO4. The maximum Gasteiger partial charge on any atom is 0.411 e. The topological polar surface area (TPSA) is 59.8 Å². The van der Waals surface area contributed by atoms with Gasteiger partial charge in [-0.2, -0.15) is 0 Å². The number of amides is 1. The van der Waals surface area contributed by atoms with E-state index in [1.54, 1.807) is 54.7 Å². The van der Waals surface area contributed by atoms with Crippen molar-refractivity contribution < 1.29 is 18.7 Å². The predicted octanol–water partition coefficient (Wildman–Crippen LogP) is 3.18. The van der Waals surface area contributed by atoms with Crippen molar-refractivity contribution in [3.8, 4) is 0 Å². The minimum atomic E-state index is -1.12. The number of likely N-dealkylation sites (N-methyl/N-ethyl adjacent to an activating group) is 1. The molecule has 20 heavy (non-hydrogen) atoms. The molecule has 1 rings (SSSR count). The lowest BCUT2D eigenvalue weighted by Crippen LogP contribution is -2.48. The van der Waals surface area contributed by atoms with E-state index in [4.69, 9.17) is 9.15 Å². The first-order valence-electron chi connectivity index (χ1n) is 6.52.